The molecule has 8 heteroatoms. The number of nitrogens with zero attached hydrogens (tertiary/aromatic N) is 2. The molecule has 25 heavy (non-hydrogen) atoms. The van der Waals surface area contributed by atoms with Crippen LogP contribution in [0.15, 0.2) is 48.5 Å². The van der Waals surface area contributed by atoms with Gasteiger partial charge in [-0.05, 0) is 31.2 Å². The molecule has 0 unspecified atom stereocenters. The maximum atomic E-state index is 12.4. The minimum atomic E-state index is -1.03. The Labute approximate surface area is 142 Å². The summed E-state index contributed by atoms with van der Waals surface area (Å²) in [6, 6.07) is 10.6. The summed E-state index contributed by atoms with van der Waals surface area (Å²) in [5.41, 5.74) is 0.760. The molecule has 3 rings (SSSR count). The van der Waals surface area contributed by atoms with Gasteiger partial charge in [0.15, 0.2) is 0 Å². The predicted octanol–water partition coefficient (Wildman–Crippen LogP) is 2.22. The first-order valence-corrected chi connectivity index (χ1v) is 7.42. The number of rotatable bonds is 4. The molecule has 1 aliphatic heterocycles. The van der Waals surface area contributed by atoms with Gasteiger partial charge in [0, 0.05) is 17.8 Å². The second-order valence-electron chi connectivity index (χ2n) is 5.50. The van der Waals surface area contributed by atoms with Gasteiger partial charge in [0.25, 0.3) is 17.5 Å². The normalized spacial score (nSPS) is 14.2. The number of fused-ring (bicyclic) bond motifs is 1. The Bertz CT molecular complexity index is 856. The molecule has 1 N–H and O–H groups in total. The number of imide groups is 1. The van der Waals surface area contributed by atoms with Crippen molar-refractivity contribution in [3.63, 3.8) is 0 Å². The quantitative estimate of drug-likeness (QED) is 0.522. The minimum absolute atomic E-state index is 0.105. The van der Waals surface area contributed by atoms with Gasteiger partial charge in [-0.25, -0.2) is 0 Å². The molecule has 0 bridgehead atoms. The lowest BCUT2D eigenvalue weighted by atomic mass is 10.1. The van der Waals surface area contributed by atoms with E-state index in [9.17, 15) is 24.5 Å². The van der Waals surface area contributed by atoms with Gasteiger partial charge in [0.2, 0.25) is 5.91 Å². The van der Waals surface area contributed by atoms with Crippen molar-refractivity contribution in [2.24, 2.45) is 0 Å². The SMILES string of the molecule is C[C@@H](C(=O)Nc1ccc([N+](=O)[O-])cc1)N1C(=O)c2ccccc2C1=O. The van der Waals surface area contributed by atoms with Crippen LogP contribution in [-0.4, -0.2) is 33.6 Å². The predicted molar refractivity (Wildman–Crippen MR) is 88.1 cm³/mol. The second-order valence-corrected chi connectivity index (χ2v) is 5.50. The molecule has 0 radical (unpaired) electrons. The van der Waals surface area contributed by atoms with Gasteiger partial charge in [0.1, 0.15) is 6.04 Å². The summed E-state index contributed by atoms with van der Waals surface area (Å²) >= 11 is 0. The van der Waals surface area contributed by atoms with Crippen molar-refractivity contribution in [1.29, 1.82) is 0 Å². The maximum Gasteiger partial charge on any atom is 0.269 e. The lowest BCUT2D eigenvalue weighted by Crippen LogP contribution is -2.45. The van der Waals surface area contributed by atoms with Crippen LogP contribution in [0.25, 0.3) is 0 Å². The highest BCUT2D eigenvalue weighted by Crippen LogP contribution is 2.25. The van der Waals surface area contributed by atoms with Gasteiger partial charge < -0.3 is 5.32 Å². The van der Waals surface area contributed by atoms with E-state index in [2.05, 4.69) is 5.32 Å². The Kier molecular flexibility index (Phi) is 4.02. The topological polar surface area (TPSA) is 110 Å². The number of carbonyl (C=O) groups is 3. The average Bonchev–Trinajstić information content (AvgIpc) is 2.86. The van der Waals surface area contributed by atoms with Crippen LogP contribution in [0.5, 0.6) is 0 Å². The van der Waals surface area contributed by atoms with E-state index in [-0.39, 0.29) is 16.8 Å². The number of non-ortho nitro benzene ring substituents is 1. The Balaban J connectivity index is 1.76. The number of anilines is 1. The molecular weight excluding hydrogens is 326 g/mol. The number of benzene rings is 2. The van der Waals surface area contributed by atoms with Crippen molar-refractivity contribution < 1.29 is 19.3 Å². The van der Waals surface area contributed by atoms with E-state index in [1.165, 1.54) is 43.3 Å². The number of hydrogen-bond acceptors (Lipinski definition) is 5. The zero-order valence-corrected chi connectivity index (χ0v) is 13.1. The second kappa shape index (κ2) is 6.16. The maximum absolute atomic E-state index is 12.4. The number of nitro groups is 1. The molecule has 0 spiro atoms. The van der Waals surface area contributed by atoms with E-state index in [1.807, 2.05) is 0 Å². The van der Waals surface area contributed by atoms with Crippen LogP contribution in [0.2, 0.25) is 0 Å². The monoisotopic (exact) mass is 339 g/mol. The van der Waals surface area contributed by atoms with E-state index in [1.54, 1.807) is 12.1 Å². The Morgan fingerprint density at radius 3 is 2.04 bits per heavy atom. The number of nitrogens with one attached hydrogen (secondary N) is 1. The van der Waals surface area contributed by atoms with Crippen molar-refractivity contribution in [3.8, 4) is 0 Å². The van der Waals surface area contributed by atoms with E-state index >= 15 is 0 Å². The van der Waals surface area contributed by atoms with Gasteiger partial charge in [0.05, 0.1) is 16.1 Å². The molecule has 2 aromatic rings. The summed E-state index contributed by atoms with van der Waals surface area (Å²) in [5, 5.41) is 13.2. The van der Waals surface area contributed by atoms with Crippen LogP contribution in [0.3, 0.4) is 0 Å². The molecule has 1 atom stereocenters. The van der Waals surface area contributed by atoms with Crippen LogP contribution in [0.1, 0.15) is 27.6 Å². The Morgan fingerprint density at radius 2 is 1.56 bits per heavy atom. The third-order valence-corrected chi connectivity index (χ3v) is 3.94. The molecule has 0 saturated carbocycles. The standard InChI is InChI=1S/C17H13N3O5/c1-10(15(21)18-11-6-8-12(9-7-11)20(24)25)19-16(22)13-4-2-3-5-14(13)17(19)23/h2-10H,1H3,(H,18,21)/t10-/m0/s1. The first-order valence-electron chi connectivity index (χ1n) is 7.42. The van der Waals surface area contributed by atoms with E-state index in [0.29, 0.717) is 5.69 Å². The summed E-state index contributed by atoms with van der Waals surface area (Å²) in [7, 11) is 0. The molecule has 1 aliphatic rings. The lowest BCUT2D eigenvalue weighted by Gasteiger charge is -2.21. The average molecular weight is 339 g/mol. The van der Waals surface area contributed by atoms with Crippen LogP contribution < -0.4 is 5.32 Å². The smallest absolute Gasteiger partial charge is 0.269 e. The van der Waals surface area contributed by atoms with Crippen LogP contribution in [0, 0.1) is 10.1 Å². The molecule has 0 saturated heterocycles. The third kappa shape index (κ3) is 2.85. The fourth-order valence-electron chi connectivity index (χ4n) is 2.59. The van der Waals surface area contributed by atoms with Gasteiger partial charge in [-0.1, -0.05) is 12.1 Å². The molecular formula is C17H13N3O5. The van der Waals surface area contributed by atoms with Crippen molar-refractivity contribution in [1.82, 2.24) is 4.90 Å². The van der Waals surface area contributed by atoms with Crippen LogP contribution in [-0.2, 0) is 4.79 Å². The van der Waals surface area contributed by atoms with Crippen molar-refractivity contribution in [3.05, 3.63) is 69.8 Å². The molecule has 0 fully saturated rings. The van der Waals surface area contributed by atoms with Crippen molar-refractivity contribution >= 4 is 29.1 Å². The summed E-state index contributed by atoms with van der Waals surface area (Å²) in [6.07, 6.45) is 0. The van der Waals surface area contributed by atoms with E-state index in [0.717, 1.165) is 4.90 Å². The summed E-state index contributed by atoms with van der Waals surface area (Å²) in [6.45, 7) is 1.45. The zero-order valence-electron chi connectivity index (χ0n) is 13.1. The van der Waals surface area contributed by atoms with Gasteiger partial charge in [-0.2, -0.15) is 0 Å². The third-order valence-electron chi connectivity index (χ3n) is 3.94. The molecule has 3 amide bonds. The largest absolute Gasteiger partial charge is 0.324 e. The fourth-order valence-corrected chi connectivity index (χ4v) is 2.59. The highest BCUT2D eigenvalue weighted by atomic mass is 16.6. The Morgan fingerprint density at radius 1 is 1.04 bits per heavy atom. The number of carbonyl (C=O) groups excluding carboxylic acids is 3. The lowest BCUT2D eigenvalue weighted by molar-refractivity contribution is -0.384. The molecule has 2 aromatic carbocycles. The van der Waals surface area contributed by atoms with Crippen LogP contribution >= 0.6 is 0 Å². The number of hydrogen-bond donors (Lipinski definition) is 1. The molecule has 1 heterocycles. The molecule has 0 aromatic heterocycles. The molecule has 0 aliphatic carbocycles. The summed E-state index contributed by atoms with van der Waals surface area (Å²) < 4.78 is 0. The van der Waals surface area contributed by atoms with Gasteiger partial charge >= 0.3 is 0 Å². The van der Waals surface area contributed by atoms with E-state index in [4.69, 9.17) is 0 Å². The zero-order chi connectivity index (χ0) is 18.1. The number of nitro benzene ring substituents is 1. The van der Waals surface area contributed by atoms with Gasteiger partial charge in [-0.15, -0.1) is 0 Å². The highest BCUT2D eigenvalue weighted by molar-refractivity contribution is 6.23. The van der Waals surface area contributed by atoms with Crippen molar-refractivity contribution in [2.45, 2.75) is 13.0 Å². The van der Waals surface area contributed by atoms with Gasteiger partial charge in [-0.3, -0.25) is 29.4 Å². The molecule has 126 valence electrons. The summed E-state index contributed by atoms with van der Waals surface area (Å²) in [5.74, 6) is -1.61. The van der Waals surface area contributed by atoms with E-state index < -0.39 is 28.7 Å². The highest BCUT2D eigenvalue weighted by Gasteiger charge is 2.40. The van der Waals surface area contributed by atoms with Crippen molar-refractivity contribution in [2.75, 3.05) is 5.32 Å². The molecule has 8 nitrogen and oxygen atoms in total. The fraction of sp³-hybridized carbons (Fsp3) is 0.118. The Hall–Kier alpha value is -3.55. The first-order chi connectivity index (χ1) is 11.9. The minimum Gasteiger partial charge on any atom is -0.324 e. The summed E-state index contributed by atoms with van der Waals surface area (Å²) in [4.78, 5) is 48.1. The number of amides is 3. The first kappa shape index (κ1) is 16.3. The van der Waals surface area contributed by atoms with Crippen LogP contribution in [0.4, 0.5) is 11.4 Å².